The van der Waals surface area contributed by atoms with Crippen molar-refractivity contribution in [3.8, 4) is 11.5 Å². The summed E-state index contributed by atoms with van der Waals surface area (Å²) in [6.45, 7) is 6.80. The van der Waals surface area contributed by atoms with E-state index in [1.807, 2.05) is 0 Å². The largest absolute Gasteiger partial charge is 0.497 e. The number of piperidine rings is 1. The Morgan fingerprint density at radius 2 is 2.03 bits per heavy atom. The summed E-state index contributed by atoms with van der Waals surface area (Å²) in [6.07, 6.45) is 4.41. The third kappa shape index (κ3) is 4.26. The van der Waals surface area contributed by atoms with Gasteiger partial charge < -0.3 is 19.5 Å². The number of nitrogens with zero attached hydrogens (tertiary/aromatic N) is 3. The van der Waals surface area contributed by atoms with E-state index in [-0.39, 0.29) is 17.5 Å². The lowest BCUT2D eigenvalue weighted by molar-refractivity contribution is 0.0684. The van der Waals surface area contributed by atoms with Crippen LogP contribution in [0.3, 0.4) is 0 Å². The third-order valence-corrected chi connectivity index (χ3v) is 5.15. The molecule has 1 amide bonds. The van der Waals surface area contributed by atoms with E-state index in [1.54, 1.807) is 47.9 Å². The van der Waals surface area contributed by atoms with Gasteiger partial charge in [0.1, 0.15) is 23.7 Å². The van der Waals surface area contributed by atoms with E-state index in [1.165, 1.54) is 6.20 Å². The molecule has 1 saturated heterocycles. The van der Waals surface area contributed by atoms with Crippen LogP contribution in [0.1, 0.15) is 45.3 Å². The molecule has 0 spiro atoms. The smallest absolute Gasteiger partial charge is 0.339 e. The van der Waals surface area contributed by atoms with Crippen LogP contribution in [0.25, 0.3) is 0 Å². The number of benzene rings is 1. The molecular formula is C21H25N3O5. The minimum atomic E-state index is -0.979. The van der Waals surface area contributed by atoms with E-state index < -0.39 is 5.97 Å². The molecule has 0 atom stereocenters. The number of aromatic nitrogens is 2. The summed E-state index contributed by atoms with van der Waals surface area (Å²) in [4.78, 5) is 26.1. The first-order chi connectivity index (χ1) is 14.0. The van der Waals surface area contributed by atoms with Crippen LogP contribution in [0.4, 0.5) is 0 Å². The molecule has 3 rings (SSSR count). The van der Waals surface area contributed by atoms with Gasteiger partial charge in [0.15, 0.2) is 0 Å². The standard InChI is InChI=1S/C21H25N3O5/c1-4-11-29-19-12-16(28-3)5-6-17(19)20(25)23-9-7-15(8-10-23)24-14(2)18(13-22-24)21(26)27/h4-6,12-13,15H,1,7-11H2,2-3H3,(H,26,27). The molecule has 1 aliphatic rings. The molecule has 29 heavy (non-hydrogen) atoms. The van der Waals surface area contributed by atoms with Gasteiger partial charge in [0, 0.05) is 19.2 Å². The summed E-state index contributed by atoms with van der Waals surface area (Å²) >= 11 is 0. The topological polar surface area (TPSA) is 93.9 Å². The van der Waals surface area contributed by atoms with Gasteiger partial charge in [-0.3, -0.25) is 9.48 Å². The fourth-order valence-corrected chi connectivity index (χ4v) is 3.56. The number of ether oxygens (including phenoxy) is 2. The molecule has 1 aromatic carbocycles. The summed E-state index contributed by atoms with van der Waals surface area (Å²) < 4.78 is 12.6. The van der Waals surface area contributed by atoms with Crippen molar-refractivity contribution in [3.05, 3.63) is 53.9 Å². The van der Waals surface area contributed by atoms with Gasteiger partial charge in [0.25, 0.3) is 5.91 Å². The van der Waals surface area contributed by atoms with Crippen molar-refractivity contribution in [2.45, 2.75) is 25.8 Å². The van der Waals surface area contributed by atoms with Crippen LogP contribution in [0.15, 0.2) is 37.1 Å². The average molecular weight is 399 g/mol. The van der Waals surface area contributed by atoms with Gasteiger partial charge >= 0.3 is 5.97 Å². The summed E-state index contributed by atoms with van der Waals surface area (Å²) in [5, 5.41) is 13.5. The SMILES string of the molecule is C=CCOc1cc(OC)ccc1C(=O)N1CCC(n2ncc(C(=O)O)c2C)CC1. The lowest BCUT2D eigenvalue weighted by Gasteiger charge is -2.33. The van der Waals surface area contributed by atoms with Crippen LogP contribution >= 0.6 is 0 Å². The van der Waals surface area contributed by atoms with Crippen LogP contribution in [-0.4, -0.2) is 58.5 Å². The lowest BCUT2D eigenvalue weighted by atomic mass is 10.0. The quantitative estimate of drug-likeness (QED) is 0.720. The van der Waals surface area contributed by atoms with Gasteiger partial charge in [0.2, 0.25) is 0 Å². The molecule has 8 heteroatoms. The van der Waals surface area contributed by atoms with E-state index in [0.29, 0.717) is 55.3 Å². The van der Waals surface area contributed by atoms with Gasteiger partial charge in [-0.2, -0.15) is 5.10 Å². The Bertz CT molecular complexity index is 913. The zero-order valence-electron chi connectivity index (χ0n) is 16.6. The number of hydrogen-bond donors (Lipinski definition) is 1. The third-order valence-electron chi connectivity index (χ3n) is 5.15. The summed E-state index contributed by atoms with van der Waals surface area (Å²) in [6, 6.07) is 5.22. The molecule has 0 saturated carbocycles. The second kappa shape index (κ2) is 8.81. The second-order valence-corrected chi connectivity index (χ2v) is 6.88. The highest BCUT2D eigenvalue weighted by molar-refractivity contribution is 5.97. The predicted molar refractivity (Wildman–Crippen MR) is 107 cm³/mol. The maximum absolute atomic E-state index is 13.1. The number of amides is 1. The number of carbonyl (C=O) groups is 2. The maximum Gasteiger partial charge on any atom is 0.339 e. The predicted octanol–water partition coefficient (Wildman–Crippen LogP) is 2.94. The molecule has 0 aliphatic carbocycles. The van der Waals surface area contributed by atoms with Crippen LogP contribution in [-0.2, 0) is 0 Å². The Balaban J connectivity index is 1.72. The van der Waals surface area contributed by atoms with Crippen molar-refractivity contribution in [2.75, 3.05) is 26.8 Å². The first-order valence-corrected chi connectivity index (χ1v) is 9.44. The van der Waals surface area contributed by atoms with Crippen LogP contribution in [0.5, 0.6) is 11.5 Å². The van der Waals surface area contributed by atoms with E-state index in [2.05, 4.69) is 11.7 Å². The minimum absolute atomic E-state index is 0.0690. The number of hydrogen-bond acceptors (Lipinski definition) is 5. The molecule has 1 aliphatic heterocycles. The number of rotatable bonds is 7. The van der Waals surface area contributed by atoms with Crippen molar-refractivity contribution in [1.82, 2.24) is 14.7 Å². The Hall–Kier alpha value is -3.29. The highest BCUT2D eigenvalue weighted by atomic mass is 16.5. The monoisotopic (exact) mass is 399 g/mol. The first kappa shape index (κ1) is 20.4. The zero-order chi connectivity index (χ0) is 21.0. The molecule has 0 bridgehead atoms. The molecule has 2 aromatic rings. The Morgan fingerprint density at radius 1 is 1.31 bits per heavy atom. The Kier molecular flexibility index (Phi) is 6.21. The summed E-state index contributed by atoms with van der Waals surface area (Å²) in [5.41, 5.74) is 1.33. The van der Waals surface area contributed by atoms with E-state index in [9.17, 15) is 14.7 Å². The molecule has 1 aromatic heterocycles. The molecule has 1 N–H and O–H groups in total. The highest BCUT2D eigenvalue weighted by Crippen LogP contribution is 2.29. The number of methoxy groups -OCH3 is 1. The van der Waals surface area contributed by atoms with Crippen molar-refractivity contribution in [2.24, 2.45) is 0 Å². The molecular weight excluding hydrogens is 374 g/mol. The fraction of sp³-hybridized carbons (Fsp3) is 0.381. The molecule has 1 fully saturated rings. The molecule has 0 unspecified atom stereocenters. The number of carbonyl (C=O) groups excluding carboxylic acids is 1. The van der Waals surface area contributed by atoms with Gasteiger partial charge in [-0.15, -0.1) is 0 Å². The molecule has 2 heterocycles. The number of carboxylic acids is 1. The Labute approximate surface area is 169 Å². The fourth-order valence-electron chi connectivity index (χ4n) is 3.56. The molecule has 0 radical (unpaired) electrons. The summed E-state index contributed by atoms with van der Waals surface area (Å²) in [7, 11) is 1.56. The van der Waals surface area contributed by atoms with Crippen molar-refractivity contribution in [3.63, 3.8) is 0 Å². The van der Waals surface area contributed by atoms with Crippen molar-refractivity contribution >= 4 is 11.9 Å². The number of carboxylic acid groups (broad SMARTS) is 1. The van der Waals surface area contributed by atoms with Gasteiger partial charge in [-0.1, -0.05) is 12.7 Å². The zero-order valence-corrected chi connectivity index (χ0v) is 16.6. The summed E-state index contributed by atoms with van der Waals surface area (Å²) in [5.74, 6) is -0.00499. The minimum Gasteiger partial charge on any atom is -0.497 e. The highest BCUT2D eigenvalue weighted by Gasteiger charge is 2.28. The average Bonchev–Trinajstić information content (AvgIpc) is 3.13. The van der Waals surface area contributed by atoms with Gasteiger partial charge in [0.05, 0.1) is 30.6 Å². The Morgan fingerprint density at radius 3 is 2.62 bits per heavy atom. The van der Waals surface area contributed by atoms with Crippen LogP contribution in [0, 0.1) is 6.92 Å². The van der Waals surface area contributed by atoms with E-state index in [0.717, 1.165) is 0 Å². The van der Waals surface area contributed by atoms with Crippen LogP contribution in [0.2, 0.25) is 0 Å². The van der Waals surface area contributed by atoms with Gasteiger partial charge in [-0.25, -0.2) is 4.79 Å². The van der Waals surface area contributed by atoms with Crippen LogP contribution < -0.4 is 9.47 Å². The lowest BCUT2D eigenvalue weighted by Crippen LogP contribution is -2.39. The second-order valence-electron chi connectivity index (χ2n) is 6.88. The molecule has 154 valence electrons. The number of aromatic carboxylic acids is 1. The normalized spacial score (nSPS) is 14.5. The van der Waals surface area contributed by atoms with Crippen molar-refractivity contribution < 1.29 is 24.2 Å². The van der Waals surface area contributed by atoms with E-state index >= 15 is 0 Å². The molecule has 8 nitrogen and oxygen atoms in total. The first-order valence-electron chi connectivity index (χ1n) is 9.44. The van der Waals surface area contributed by atoms with Gasteiger partial charge in [-0.05, 0) is 31.9 Å². The van der Waals surface area contributed by atoms with E-state index in [4.69, 9.17) is 9.47 Å². The maximum atomic E-state index is 13.1. The number of likely N-dealkylation sites (tertiary alicyclic amines) is 1. The van der Waals surface area contributed by atoms with Crippen molar-refractivity contribution in [1.29, 1.82) is 0 Å².